The first kappa shape index (κ1) is 22.6. The average Bonchev–Trinajstić information content (AvgIpc) is 3.09. The van der Waals surface area contributed by atoms with Crippen molar-refractivity contribution in [2.75, 3.05) is 0 Å². The molecule has 1 nitrogen and oxygen atoms in total. The number of hydrogen-bond acceptors (Lipinski definition) is 0. The number of para-hydroxylation sites is 1. The van der Waals surface area contributed by atoms with E-state index in [1.807, 2.05) is 0 Å². The molecule has 0 aliphatic rings. The average molecular weight is 474 g/mol. The Balaban J connectivity index is 2.69. The summed E-state index contributed by atoms with van der Waals surface area (Å²) < 4.78 is 8.88. The third kappa shape index (κ3) is 5.02. The summed E-state index contributed by atoms with van der Waals surface area (Å²) >= 11 is -2.46. The number of allylic oxidation sites excluding steroid dienone is 1. The summed E-state index contributed by atoms with van der Waals surface area (Å²) in [7, 11) is 0. The van der Waals surface area contributed by atoms with Gasteiger partial charge in [0.2, 0.25) is 0 Å². The van der Waals surface area contributed by atoms with Gasteiger partial charge < -0.3 is 0 Å². The van der Waals surface area contributed by atoms with E-state index in [0.717, 1.165) is 0 Å². The van der Waals surface area contributed by atoms with Crippen molar-refractivity contribution in [3.63, 3.8) is 0 Å². The Labute approximate surface area is 172 Å². The van der Waals surface area contributed by atoms with E-state index in [-0.39, 0.29) is 5.54 Å². The fourth-order valence-electron chi connectivity index (χ4n) is 4.50. The van der Waals surface area contributed by atoms with E-state index < -0.39 is 18.4 Å². The van der Waals surface area contributed by atoms with E-state index >= 15 is 0 Å². The molecule has 1 aromatic carbocycles. The molecular formula is C25H41NSn. The van der Waals surface area contributed by atoms with E-state index in [0.29, 0.717) is 0 Å². The molecule has 0 bridgehead atoms. The summed E-state index contributed by atoms with van der Waals surface area (Å²) in [5.74, 6) is 0. The van der Waals surface area contributed by atoms with Gasteiger partial charge in [-0.15, -0.1) is 0 Å². The molecule has 2 heteroatoms. The Morgan fingerprint density at radius 3 is 1.93 bits per heavy atom. The zero-order chi connectivity index (χ0) is 19.9. The van der Waals surface area contributed by atoms with Crippen molar-refractivity contribution in [3.8, 4) is 0 Å². The van der Waals surface area contributed by atoms with Gasteiger partial charge in [-0.25, -0.2) is 0 Å². The van der Waals surface area contributed by atoms with Crippen LogP contribution in [0.3, 0.4) is 0 Å². The van der Waals surface area contributed by atoms with E-state index in [2.05, 4.69) is 82.3 Å². The van der Waals surface area contributed by atoms with Crippen molar-refractivity contribution in [2.45, 2.75) is 92.0 Å². The van der Waals surface area contributed by atoms with Crippen LogP contribution in [0.5, 0.6) is 0 Å². The first-order chi connectivity index (χ1) is 13.0. The SMILES string of the molecule is C=CC(C)(C)n1c[c]([Sn]([CH2]CCC)([CH2]CCC)[CH2]CCC)c2ccccc21. The van der Waals surface area contributed by atoms with Crippen LogP contribution in [0.2, 0.25) is 13.3 Å². The Kier molecular flexibility index (Phi) is 8.52. The molecule has 1 heterocycles. The van der Waals surface area contributed by atoms with Gasteiger partial charge >= 0.3 is 173 Å². The molecule has 150 valence electrons. The van der Waals surface area contributed by atoms with Gasteiger partial charge in [-0.1, -0.05) is 0 Å². The topological polar surface area (TPSA) is 4.93 Å². The van der Waals surface area contributed by atoms with Crippen molar-refractivity contribution in [1.82, 2.24) is 4.57 Å². The molecule has 0 amide bonds. The first-order valence-electron chi connectivity index (χ1n) is 11.2. The molecule has 0 saturated carbocycles. The molecule has 0 N–H and O–H groups in total. The fourth-order valence-corrected chi connectivity index (χ4v) is 21.2. The molecule has 0 aliphatic heterocycles. The van der Waals surface area contributed by atoms with Gasteiger partial charge in [0, 0.05) is 0 Å². The molecule has 1 aromatic heterocycles. The number of fused-ring (bicyclic) bond motifs is 1. The molecule has 27 heavy (non-hydrogen) atoms. The summed E-state index contributed by atoms with van der Waals surface area (Å²) in [5, 5.41) is 1.55. The second-order valence-electron chi connectivity index (χ2n) is 8.88. The summed E-state index contributed by atoms with van der Waals surface area (Å²) in [6.07, 6.45) is 12.9. The van der Waals surface area contributed by atoms with E-state index in [4.69, 9.17) is 0 Å². The predicted molar refractivity (Wildman–Crippen MR) is 126 cm³/mol. The van der Waals surface area contributed by atoms with Gasteiger partial charge in [0.25, 0.3) is 0 Å². The van der Waals surface area contributed by atoms with Crippen LogP contribution in [-0.4, -0.2) is 22.9 Å². The number of aromatic nitrogens is 1. The summed E-state index contributed by atoms with van der Waals surface area (Å²) in [5.41, 5.74) is 1.36. The number of benzene rings is 1. The van der Waals surface area contributed by atoms with E-state index in [1.54, 1.807) is 8.97 Å². The van der Waals surface area contributed by atoms with Crippen molar-refractivity contribution < 1.29 is 0 Å². The molecule has 0 aliphatic carbocycles. The Morgan fingerprint density at radius 2 is 1.44 bits per heavy atom. The van der Waals surface area contributed by atoms with Gasteiger partial charge in [0.15, 0.2) is 0 Å². The molecule has 0 atom stereocenters. The van der Waals surface area contributed by atoms with Crippen LogP contribution in [0.25, 0.3) is 10.9 Å². The summed E-state index contributed by atoms with van der Waals surface area (Å²) in [6, 6.07) is 9.16. The van der Waals surface area contributed by atoms with Crippen LogP contribution >= 0.6 is 0 Å². The number of unbranched alkanes of at least 4 members (excludes halogenated alkanes) is 3. The van der Waals surface area contributed by atoms with Crippen LogP contribution in [0.1, 0.15) is 73.1 Å². The minimum atomic E-state index is -2.46. The van der Waals surface area contributed by atoms with Crippen molar-refractivity contribution >= 4 is 32.9 Å². The zero-order valence-electron chi connectivity index (χ0n) is 18.5. The second kappa shape index (κ2) is 10.2. The first-order valence-corrected chi connectivity index (χ1v) is 18.7. The molecule has 0 spiro atoms. The van der Waals surface area contributed by atoms with Gasteiger partial charge in [0.05, 0.1) is 0 Å². The second-order valence-corrected chi connectivity index (χ2v) is 22.0. The van der Waals surface area contributed by atoms with Crippen LogP contribution in [0, 0.1) is 0 Å². The Hall–Kier alpha value is -0.701. The molecule has 2 rings (SSSR count). The molecule has 0 unspecified atom stereocenters. The van der Waals surface area contributed by atoms with Gasteiger partial charge in [-0.2, -0.15) is 0 Å². The monoisotopic (exact) mass is 475 g/mol. The molecule has 2 aromatic rings. The van der Waals surface area contributed by atoms with Crippen LogP contribution in [0.15, 0.2) is 43.1 Å². The van der Waals surface area contributed by atoms with Crippen molar-refractivity contribution in [2.24, 2.45) is 0 Å². The quantitative estimate of drug-likeness (QED) is 0.220. The van der Waals surface area contributed by atoms with Gasteiger partial charge in [0.1, 0.15) is 0 Å². The van der Waals surface area contributed by atoms with Crippen LogP contribution in [0.4, 0.5) is 0 Å². The normalized spacial score (nSPS) is 12.6. The van der Waals surface area contributed by atoms with E-state index in [1.165, 1.54) is 57.4 Å². The number of nitrogens with zero attached hydrogens (tertiary/aromatic N) is 1. The third-order valence-corrected chi connectivity index (χ3v) is 22.1. The van der Waals surface area contributed by atoms with Crippen molar-refractivity contribution in [3.05, 3.63) is 43.1 Å². The molecule has 0 saturated heterocycles. The van der Waals surface area contributed by atoms with Gasteiger partial charge in [-0.05, 0) is 0 Å². The van der Waals surface area contributed by atoms with Crippen molar-refractivity contribution in [1.29, 1.82) is 0 Å². The van der Waals surface area contributed by atoms with E-state index in [9.17, 15) is 0 Å². The maximum absolute atomic E-state index is 4.13. The van der Waals surface area contributed by atoms with Gasteiger partial charge in [-0.3, -0.25) is 0 Å². The Bertz CT molecular complexity index is 703. The molecule has 0 radical (unpaired) electrons. The standard InChI is InChI=1S/C13H14N.3C4H9.Sn/c1-4-13(2,3)14-10-9-11-7-5-6-8-12(11)14;3*1-3-4-2;/h4-8,10H,1H2,2-3H3;3*1,3-4H2,2H3;. The number of hydrogen-bond donors (Lipinski definition) is 0. The molecule has 0 fully saturated rings. The van der Waals surface area contributed by atoms with Crippen LogP contribution < -0.4 is 3.58 Å². The number of rotatable bonds is 12. The predicted octanol–water partition coefficient (Wildman–Crippen LogP) is 7.62. The summed E-state index contributed by atoms with van der Waals surface area (Å²) in [4.78, 5) is 0. The maximum atomic E-state index is 4.13. The fraction of sp³-hybridized carbons (Fsp3) is 0.600. The summed E-state index contributed by atoms with van der Waals surface area (Å²) in [6.45, 7) is 15.8. The minimum absolute atomic E-state index is 0.0459. The zero-order valence-corrected chi connectivity index (χ0v) is 21.3. The third-order valence-electron chi connectivity index (χ3n) is 6.43. The Morgan fingerprint density at radius 1 is 0.926 bits per heavy atom. The van der Waals surface area contributed by atoms with Crippen LogP contribution in [-0.2, 0) is 5.54 Å². The molecular weight excluding hydrogens is 433 g/mol.